The van der Waals surface area contributed by atoms with Crippen molar-refractivity contribution < 1.29 is 40.7 Å². The number of rotatable bonds is 8. The molecular formula is C30H25ClF6N2O3. The molecule has 5 nitrogen and oxygen atoms in total. The van der Waals surface area contributed by atoms with Crippen molar-refractivity contribution in [2.24, 2.45) is 0 Å². The minimum atomic E-state index is -5.01. The van der Waals surface area contributed by atoms with E-state index in [0.29, 0.717) is 5.02 Å². The third kappa shape index (κ3) is 7.07. The molecule has 1 unspecified atom stereocenters. The number of nitrogens with one attached hydrogen (secondary N) is 2. The number of halogens is 7. The van der Waals surface area contributed by atoms with E-state index in [2.05, 4.69) is 5.32 Å². The van der Waals surface area contributed by atoms with Gasteiger partial charge in [-0.15, -0.1) is 0 Å². The van der Waals surface area contributed by atoms with Crippen LogP contribution in [0.3, 0.4) is 0 Å². The fraction of sp³-hybridized carbons (Fsp3) is 0.267. The van der Waals surface area contributed by atoms with Crippen LogP contribution in [0.15, 0.2) is 78.4 Å². The molecule has 1 atom stereocenters. The molecule has 3 aromatic rings. The smallest absolute Gasteiger partial charge is 0.416 e. The van der Waals surface area contributed by atoms with Crippen molar-refractivity contribution in [1.82, 2.24) is 5.32 Å². The molecule has 0 aromatic heterocycles. The van der Waals surface area contributed by atoms with Gasteiger partial charge in [0.1, 0.15) is 11.3 Å². The van der Waals surface area contributed by atoms with Crippen LogP contribution in [0.2, 0.25) is 5.02 Å². The maximum Gasteiger partial charge on any atom is 0.416 e. The lowest BCUT2D eigenvalue weighted by Gasteiger charge is -2.41. The van der Waals surface area contributed by atoms with Crippen LogP contribution in [0.25, 0.3) is 5.57 Å². The topological polar surface area (TPSA) is 67.4 Å². The summed E-state index contributed by atoms with van der Waals surface area (Å²) in [6, 6.07) is 17.0. The van der Waals surface area contributed by atoms with Gasteiger partial charge in [-0.05, 0) is 60.4 Å². The average molecular weight is 611 g/mol. The van der Waals surface area contributed by atoms with Crippen molar-refractivity contribution in [1.29, 1.82) is 0 Å². The Hall–Kier alpha value is -3.99. The Kier molecular flexibility index (Phi) is 8.91. The highest BCUT2D eigenvalue weighted by atomic mass is 35.5. The first-order valence-electron chi connectivity index (χ1n) is 12.7. The number of benzene rings is 3. The number of ether oxygens (including phenoxy) is 1. The van der Waals surface area contributed by atoms with Crippen molar-refractivity contribution in [2.75, 3.05) is 11.9 Å². The summed E-state index contributed by atoms with van der Waals surface area (Å²) in [4.78, 5) is 26.8. The minimum Gasteiger partial charge on any atom is -0.494 e. The van der Waals surface area contributed by atoms with E-state index in [0.717, 1.165) is 17.7 Å². The number of hydrogen-bond donors (Lipinski definition) is 2. The van der Waals surface area contributed by atoms with E-state index in [-0.39, 0.29) is 41.2 Å². The second-order valence-electron chi connectivity index (χ2n) is 9.81. The zero-order chi connectivity index (χ0) is 30.7. The van der Waals surface area contributed by atoms with Crippen LogP contribution in [-0.4, -0.2) is 30.8 Å². The van der Waals surface area contributed by atoms with Gasteiger partial charge in [-0.25, -0.2) is 0 Å². The van der Waals surface area contributed by atoms with E-state index >= 15 is 0 Å². The molecule has 0 saturated carbocycles. The van der Waals surface area contributed by atoms with Gasteiger partial charge in [0.25, 0.3) is 11.8 Å². The van der Waals surface area contributed by atoms with Crippen LogP contribution >= 0.6 is 11.6 Å². The minimum absolute atomic E-state index is 0.0660. The van der Waals surface area contributed by atoms with E-state index in [9.17, 15) is 35.9 Å². The first-order chi connectivity index (χ1) is 19.7. The molecule has 1 heterocycles. The van der Waals surface area contributed by atoms with Crippen LogP contribution in [0, 0.1) is 6.92 Å². The first kappa shape index (κ1) is 31.0. The van der Waals surface area contributed by atoms with Gasteiger partial charge < -0.3 is 15.4 Å². The number of anilines is 1. The van der Waals surface area contributed by atoms with Gasteiger partial charge in [0.05, 0.1) is 6.61 Å². The number of aryl methyl sites for hydroxylation is 1. The van der Waals surface area contributed by atoms with Crippen molar-refractivity contribution in [2.45, 2.75) is 44.1 Å². The second kappa shape index (κ2) is 12.1. The monoisotopic (exact) mass is 610 g/mol. The second-order valence-corrected chi connectivity index (χ2v) is 10.2. The maximum absolute atomic E-state index is 14.9. The summed E-state index contributed by atoms with van der Waals surface area (Å²) in [6.45, 7) is 1.50. The molecule has 0 aliphatic carbocycles. The van der Waals surface area contributed by atoms with Crippen molar-refractivity contribution in [3.8, 4) is 5.75 Å². The van der Waals surface area contributed by atoms with Gasteiger partial charge in [-0.2, -0.15) is 26.3 Å². The van der Waals surface area contributed by atoms with Crippen LogP contribution in [0.1, 0.15) is 36.0 Å². The lowest BCUT2D eigenvalue weighted by atomic mass is 9.76. The van der Waals surface area contributed by atoms with Crippen molar-refractivity contribution >= 4 is 34.7 Å². The van der Waals surface area contributed by atoms with E-state index in [4.69, 9.17) is 16.3 Å². The number of amides is 2. The standard InChI is InChI=1S/C30H25ClF6N2O3/c1-18-6-8-19(9-7-18)24-17-28(30(35,36)37,20-10-12-23(13-11-20)42-15-3-14-29(32,33)34)39-27(41)25(24)26(40)38-22-5-2-4-21(31)16-22/h2,4-13,16H,3,14-15,17H2,1H3,(H,38,40)(H,39,41). The van der Waals surface area contributed by atoms with Gasteiger partial charge in [-0.1, -0.05) is 59.6 Å². The Morgan fingerprint density at radius 2 is 1.67 bits per heavy atom. The number of alkyl halides is 6. The molecule has 0 fully saturated rings. The molecule has 0 spiro atoms. The lowest BCUT2D eigenvalue weighted by molar-refractivity contribution is -0.201. The number of hydrogen-bond acceptors (Lipinski definition) is 3. The van der Waals surface area contributed by atoms with Gasteiger partial charge in [0.15, 0.2) is 5.54 Å². The zero-order valence-electron chi connectivity index (χ0n) is 22.1. The predicted octanol–water partition coefficient (Wildman–Crippen LogP) is 7.74. The fourth-order valence-corrected chi connectivity index (χ4v) is 4.79. The Labute approximate surface area is 242 Å². The number of carbonyl (C=O) groups excluding carboxylic acids is 2. The van der Waals surface area contributed by atoms with Gasteiger partial charge in [-0.3, -0.25) is 9.59 Å². The molecule has 2 amide bonds. The molecule has 3 aromatic carbocycles. The van der Waals surface area contributed by atoms with Crippen LogP contribution in [0.5, 0.6) is 5.75 Å². The highest BCUT2D eigenvalue weighted by Crippen LogP contribution is 2.48. The summed E-state index contributed by atoms with van der Waals surface area (Å²) >= 11 is 5.98. The Balaban J connectivity index is 1.72. The molecular weight excluding hydrogens is 586 g/mol. The molecule has 4 rings (SSSR count). The quantitative estimate of drug-likeness (QED) is 0.156. The normalized spacial score (nSPS) is 17.6. The molecule has 2 N–H and O–H groups in total. The summed E-state index contributed by atoms with van der Waals surface area (Å²) in [7, 11) is 0. The SMILES string of the molecule is Cc1ccc(C2=C(C(=O)Nc3cccc(Cl)c3)C(=O)NC(c3ccc(OCCCC(F)(F)F)cc3)(C(F)(F)F)C2)cc1. The Morgan fingerprint density at radius 1 is 1.00 bits per heavy atom. The third-order valence-electron chi connectivity index (χ3n) is 6.71. The summed E-state index contributed by atoms with van der Waals surface area (Å²) in [5, 5.41) is 4.87. The predicted molar refractivity (Wildman–Crippen MR) is 146 cm³/mol. The number of carbonyl (C=O) groups is 2. The summed E-state index contributed by atoms with van der Waals surface area (Å²) in [6.07, 6.45) is -11.6. The van der Waals surface area contributed by atoms with E-state index < -0.39 is 48.1 Å². The maximum atomic E-state index is 14.9. The Morgan fingerprint density at radius 3 is 2.26 bits per heavy atom. The average Bonchev–Trinajstić information content (AvgIpc) is 2.90. The molecule has 1 aliphatic heterocycles. The molecule has 1 aliphatic rings. The fourth-order valence-electron chi connectivity index (χ4n) is 4.60. The van der Waals surface area contributed by atoms with Crippen LogP contribution in [0.4, 0.5) is 32.0 Å². The lowest BCUT2D eigenvalue weighted by Crippen LogP contribution is -2.59. The van der Waals surface area contributed by atoms with Crippen molar-refractivity contribution in [3.05, 3.63) is 100 Å². The van der Waals surface area contributed by atoms with E-state index in [1.165, 1.54) is 36.4 Å². The molecule has 42 heavy (non-hydrogen) atoms. The van der Waals surface area contributed by atoms with Crippen molar-refractivity contribution in [3.63, 3.8) is 0 Å². The van der Waals surface area contributed by atoms with E-state index in [1.807, 2.05) is 5.32 Å². The first-order valence-corrected chi connectivity index (χ1v) is 13.1. The van der Waals surface area contributed by atoms with Crippen LogP contribution in [-0.2, 0) is 15.1 Å². The summed E-state index contributed by atoms with van der Waals surface area (Å²) < 4.78 is 87.1. The van der Waals surface area contributed by atoms with E-state index in [1.54, 1.807) is 31.2 Å². The highest BCUT2D eigenvalue weighted by Gasteiger charge is 2.60. The van der Waals surface area contributed by atoms with Crippen LogP contribution < -0.4 is 15.4 Å². The third-order valence-corrected chi connectivity index (χ3v) is 6.95. The van der Waals surface area contributed by atoms with Gasteiger partial charge in [0, 0.05) is 23.6 Å². The molecule has 222 valence electrons. The van der Waals surface area contributed by atoms with Gasteiger partial charge in [0.2, 0.25) is 0 Å². The summed E-state index contributed by atoms with van der Waals surface area (Å²) in [5.74, 6) is -2.08. The molecule has 0 bridgehead atoms. The summed E-state index contributed by atoms with van der Waals surface area (Å²) in [5.41, 5.74) is -2.55. The molecule has 0 saturated heterocycles. The largest absolute Gasteiger partial charge is 0.494 e. The molecule has 12 heteroatoms. The van der Waals surface area contributed by atoms with Gasteiger partial charge >= 0.3 is 12.4 Å². The Bertz CT molecular complexity index is 1480. The zero-order valence-corrected chi connectivity index (χ0v) is 22.9. The molecule has 0 radical (unpaired) electrons. The highest BCUT2D eigenvalue weighted by molar-refractivity contribution is 6.31.